The number of fused-ring (bicyclic) bond motifs is 1. The molecule has 1 aromatic rings. The van der Waals surface area contributed by atoms with Gasteiger partial charge in [0.15, 0.2) is 0 Å². The molecule has 2 heteroatoms. The van der Waals surface area contributed by atoms with Crippen LogP contribution < -0.4 is 5.73 Å². The SMILES string of the molecule is NC1c2ccccc2CC1N1CCCC1C1CCCC1. The van der Waals surface area contributed by atoms with Gasteiger partial charge in [-0.2, -0.15) is 0 Å². The molecule has 1 heterocycles. The normalized spacial score (nSPS) is 34.8. The lowest BCUT2D eigenvalue weighted by Gasteiger charge is -2.36. The molecular weight excluding hydrogens is 244 g/mol. The zero-order valence-corrected chi connectivity index (χ0v) is 12.3. The number of rotatable bonds is 2. The number of hydrogen-bond donors (Lipinski definition) is 1. The molecule has 4 rings (SSSR count). The fourth-order valence-corrected chi connectivity index (χ4v) is 5.00. The summed E-state index contributed by atoms with van der Waals surface area (Å²) < 4.78 is 0. The van der Waals surface area contributed by atoms with Crippen molar-refractivity contribution in [3.63, 3.8) is 0 Å². The molecule has 2 nitrogen and oxygen atoms in total. The monoisotopic (exact) mass is 270 g/mol. The Morgan fingerprint density at radius 1 is 0.950 bits per heavy atom. The topological polar surface area (TPSA) is 29.3 Å². The summed E-state index contributed by atoms with van der Waals surface area (Å²) in [5, 5.41) is 0. The Kier molecular flexibility index (Phi) is 3.31. The van der Waals surface area contributed by atoms with Crippen LogP contribution in [-0.2, 0) is 6.42 Å². The number of nitrogens with two attached hydrogens (primary N) is 1. The van der Waals surface area contributed by atoms with E-state index in [-0.39, 0.29) is 6.04 Å². The highest BCUT2D eigenvalue weighted by Gasteiger charge is 2.41. The van der Waals surface area contributed by atoms with Crippen LogP contribution in [-0.4, -0.2) is 23.5 Å². The first kappa shape index (κ1) is 12.8. The van der Waals surface area contributed by atoms with Gasteiger partial charge in [-0.25, -0.2) is 0 Å². The minimum atomic E-state index is 0.230. The lowest BCUT2D eigenvalue weighted by Crippen LogP contribution is -2.46. The molecule has 3 unspecified atom stereocenters. The summed E-state index contributed by atoms with van der Waals surface area (Å²) in [7, 11) is 0. The van der Waals surface area contributed by atoms with Crippen LogP contribution in [0.3, 0.4) is 0 Å². The van der Waals surface area contributed by atoms with Gasteiger partial charge < -0.3 is 5.73 Å². The minimum absolute atomic E-state index is 0.230. The largest absolute Gasteiger partial charge is 0.323 e. The van der Waals surface area contributed by atoms with E-state index in [2.05, 4.69) is 29.2 Å². The summed E-state index contributed by atoms with van der Waals surface area (Å²) >= 11 is 0. The molecule has 1 aromatic carbocycles. The number of likely N-dealkylation sites (tertiary alicyclic amines) is 1. The predicted molar refractivity (Wildman–Crippen MR) is 82.5 cm³/mol. The van der Waals surface area contributed by atoms with Gasteiger partial charge in [0.25, 0.3) is 0 Å². The second-order valence-corrected chi connectivity index (χ2v) is 6.99. The third-order valence-electron chi connectivity index (χ3n) is 5.97. The molecule has 0 spiro atoms. The van der Waals surface area contributed by atoms with E-state index >= 15 is 0 Å². The molecule has 2 aliphatic carbocycles. The maximum atomic E-state index is 6.59. The third-order valence-corrected chi connectivity index (χ3v) is 5.97. The smallest absolute Gasteiger partial charge is 0.0459 e. The van der Waals surface area contributed by atoms with E-state index in [1.807, 2.05) is 0 Å². The second-order valence-electron chi connectivity index (χ2n) is 6.99. The average Bonchev–Trinajstić information content (AvgIpc) is 3.17. The van der Waals surface area contributed by atoms with Crippen molar-refractivity contribution in [1.29, 1.82) is 0 Å². The summed E-state index contributed by atoms with van der Waals surface area (Å²) in [5.74, 6) is 0.952. The van der Waals surface area contributed by atoms with Gasteiger partial charge in [-0.05, 0) is 55.7 Å². The van der Waals surface area contributed by atoms with Gasteiger partial charge in [-0.3, -0.25) is 4.90 Å². The molecule has 108 valence electrons. The summed E-state index contributed by atoms with van der Waals surface area (Å²) in [6.07, 6.45) is 9.76. The fourth-order valence-electron chi connectivity index (χ4n) is 5.00. The van der Waals surface area contributed by atoms with Crippen molar-refractivity contribution < 1.29 is 0 Å². The molecule has 3 atom stereocenters. The van der Waals surface area contributed by atoms with Crippen LogP contribution in [0.5, 0.6) is 0 Å². The molecule has 0 radical (unpaired) electrons. The van der Waals surface area contributed by atoms with Crippen LogP contribution in [0, 0.1) is 5.92 Å². The molecule has 1 aliphatic heterocycles. The van der Waals surface area contributed by atoms with E-state index in [4.69, 9.17) is 5.73 Å². The Hall–Kier alpha value is -0.860. The Labute approximate surface area is 122 Å². The van der Waals surface area contributed by atoms with Crippen molar-refractivity contribution >= 4 is 0 Å². The maximum absolute atomic E-state index is 6.59. The van der Waals surface area contributed by atoms with E-state index in [0.29, 0.717) is 6.04 Å². The van der Waals surface area contributed by atoms with Crippen molar-refractivity contribution in [1.82, 2.24) is 4.90 Å². The first-order chi connectivity index (χ1) is 9.84. The van der Waals surface area contributed by atoms with Crippen LogP contribution in [0.4, 0.5) is 0 Å². The van der Waals surface area contributed by atoms with Crippen molar-refractivity contribution in [3.05, 3.63) is 35.4 Å². The third kappa shape index (κ3) is 2.01. The van der Waals surface area contributed by atoms with Gasteiger partial charge >= 0.3 is 0 Å². The number of hydrogen-bond acceptors (Lipinski definition) is 2. The molecule has 2 N–H and O–H groups in total. The molecule has 0 aromatic heterocycles. The maximum Gasteiger partial charge on any atom is 0.0459 e. The second kappa shape index (κ2) is 5.16. The van der Waals surface area contributed by atoms with Crippen molar-refractivity contribution in [3.8, 4) is 0 Å². The zero-order valence-electron chi connectivity index (χ0n) is 12.3. The number of benzene rings is 1. The molecule has 1 saturated carbocycles. The van der Waals surface area contributed by atoms with E-state index in [9.17, 15) is 0 Å². The summed E-state index contributed by atoms with van der Waals surface area (Å²) in [5.41, 5.74) is 9.48. The first-order valence-corrected chi connectivity index (χ1v) is 8.44. The van der Waals surface area contributed by atoms with Crippen LogP contribution >= 0.6 is 0 Å². The van der Waals surface area contributed by atoms with Gasteiger partial charge in [-0.1, -0.05) is 37.1 Å². The fraction of sp³-hybridized carbons (Fsp3) is 0.667. The van der Waals surface area contributed by atoms with Crippen LogP contribution in [0.1, 0.15) is 55.7 Å². The van der Waals surface area contributed by atoms with Crippen LogP contribution in [0.25, 0.3) is 0 Å². The van der Waals surface area contributed by atoms with Gasteiger partial charge in [0, 0.05) is 18.1 Å². The highest BCUT2D eigenvalue weighted by Crippen LogP contribution is 2.41. The Morgan fingerprint density at radius 3 is 2.55 bits per heavy atom. The van der Waals surface area contributed by atoms with Gasteiger partial charge in [0.1, 0.15) is 0 Å². The Morgan fingerprint density at radius 2 is 1.75 bits per heavy atom. The quantitative estimate of drug-likeness (QED) is 0.893. The highest BCUT2D eigenvalue weighted by atomic mass is 15.2. The molecule has 1 saturated heterocycles. The minimum Gasteiger partial charge on any atom is -0.323 e. The summed E-state index contributed by atoms with van der Waals surface area (Å²) in [6.45, 7) is 1.27. The standard InChI is InChI=1S/C18H26N2/c19-18-15-9-4-3-8-14(15)12-17(18)20-11-5-10-16(20)13-6-1-2-7-13/h3-4,8-9,13,16-18H,1-2,5-7,10-12,19H2. The molecule has 3 aliphatic rings. The average molecular weight is 270 g/mol. The molecule has 20 heavy (non-hydrogen) atoms. The van der Waals surface area contributed by atoms with E-state index in [1.54, 1.807) is 0 Å². The van der Waals surface area contributed by atoms with Crippen molar-refractivity contribution in [2.24, 2.45) is 11.7 Å². The predicted octanol–water partition coefficient (Wildman–Crippen LogP) is 3.27. The zero-order chi connectivity index (χ0) is 13.5. The van der Waals surface area contributed by atoms with E-state index in [1.165, 1.54) is 62.6 Å². The van der Waals surface area contributed by atoms with Crippen LogP contribution in [0.2, 0.25) is 0 Å². The van der Waals surface area contributed by atoms with Gasteiger partial charge in [-0.15, -0.1) is 0 Å². The Bertz CT molecular complexity index is 478. The van der Waals surface area contributed by atoms with E-state index in [0.717, 1.165) is 12.0 Å². The van der Waals surface area contributed by atoms with Gasteiger partial charge in [0.05, 0.1) is 0 Å². The summed E-state index contributed by atoms with van der Waals surface area (Å²) in [4.78, 5) is 2.79. The van der Waals surface area contributed by atoms with Crippen molar-refractivity contribution in [2.75, 3.05) is 6.54 Å². The lowest BCUT2D eigenvalue weighted by molar-refractivity contribution is 0.124. The molecule has 0 bridgehead atoms. The molecule has 2 fully saturated rings. The number of nitrogens with zero attached hydrogens (tertiary/aromatic N) is 1. The van der Waals surface area contributed by atoms with Crippen molar-refractivity contribution in [2.45, 2.75) is 63.1 Å². The summed E-state index contributed by atoms with van der Waals surface area (Å²) in [6, 6.07) is 10.4. The molecule has 0 amide bonds. The highest BCUT2D eigenvalue weighted by molar-refractivity contribution is 5.37. The lowest BCUT2D eigenvalue weighted by atomic mass is 9.94. The first-order valence-electron chi connectivity index (χ1n) is 8.44. The molecular formula is C18H26N2. The van der Waals surface area contributed by atoms with Crippen LogP contribution in [0.15, 0.2) is 24.3 Å². The van der Waals surface area contributed by atoms with Gasteiger partial charge in [0.2, 0.25) is 0 Å². The Balaban J connectivity index is 1.56. The van der Waals surface area contributed by atoms with E-state index < -0.39 is 0 Å².